The molecule has 2 rings (SSSR count). The summed E-state index contributed by atoms with van der Waals surface area (Å²) < 4.78 is 0. The van der Waals surface area contributed by atoms with Gasteiger partial charge in [0, 0.05) is 17.3 Å². The van der Waals surface area contributed by atoms with Crippen LogP contribution in [-0.2, 0) is 4.79 Å². The Labute approximate surface area is 91.1 Å². The molecule has 1 amide bonds. The molecule has 2 N–H and O–H groups in total. The van der Waals surface area contributed by atoms with E-state index in [-0.39, 0.29) is 5.56 Å². The quantitative estimate of drug-likeness (QED) is 0.750. The van der Waals surface area contributed by atoms with Crippen LogP contribution < -0.4 is 10.9 Å². The molecule has 16 heavy (non-hydrogen) atoms. The highest BCUT2D eigenvalue weighted by molar-refractivity contribution is 5.73. The molecule has 0 saturated carbocycles. The highest BCUT2D eigenvalue weighted by atomic mass is 16.1. The molecular weight excluding hydrogens is 206 g/mol. The van der Waals surface area contributed by atoms with Crippen LogP contribution in [0.1, 0.15) is 0 Å². The molecule has 0 unspecified atom stereocenters. The van der Waals surface area contributed by atoms with Crippen molar-refractivity contribution in [1.29, 1.82) is 0 Å². The lowest BCUT2D eigenvalue weighted by Gasteiger charge is -2.01. The summed E-state index contributed by atoms with van der Waals surface area (Å²) in [6, 6.07) is 10.2. The lowest BCUT2D eigenvalue weighted by atomic mass is 10.1. The van der Waals surface area contributed by atoms with E-state index in [1.165, 1.54) is 6.07 Å². The zero-order valence-electron chi connectivity index (χ0n) is 8.31. The van der Waals surface area contributed by atoms with Crippen LogP contribution in [0.2, 0.25) is 0 Å². The second-order valence-corrected chi connectivity index (χ2v) is 3.15. The first-order valence-corrected chi connectivity index (χ1v) is 4.66. The maximum Gasteiger partial charge on any atom is 0.264 e. The Morgan fingerprint density at radius 2 is 1.88 bits per heavy atom. The van der Waals surface area contributed by atoms with Crippen LogP contribution in [0.3, 0.4) is 0 Å². The summed E-state index contributed by atoms with van der Waals surface area (Å²) >= 11 is 0. The SMILES string of the molecule is O=CNc1ccc(-c2ccc(=O)[nH]n2)cc1. The molecule has 0 aliphatic carbocycles. The van der Waals surface area contributed by atoms with Crippen LogP contribution in [-0.4, -0.2) is 16.6 Å². The molecule has 0 spiro atoms. The number of H-pyrrole nitrogens is 1. The standard InChI is InChI=1S/C11H9N3O2/c15-7-12-9-3-1-8(2-4-9)10-5-6-11(16)14-13-10/h1-7H,(H,12,15)(H,14,16). The van der Waals surface area contributed by atoms with Crippen molar-refractivity contribution in [3.05, 3.63) is 46.8 Å². The lowest BCUT2D eigenvalue weighted by molar-refractivity contribution is -0.105. The topological polar surface area (TPSA) is 74.8 Å². The van der Waals surface area contributed by atoms with Gasteiger partial charge in [0.2, 0.25) is 6.41 Å². The molecule has 1 aromatic heterocycles. The number of aromatic amines is 1. The number of carbonyl (C=O) groups excluding carboxylic acids is 1. The van der Waals surface area contributed by atoms with E-state index in [9.17, 15) is 9.59 Å². The minimum Gasteiger partial charge on any atom is -0.329 e. The maximum atomic E-state index is 10.8. The van der Waals surface area contributed by atoms with Crippen molar-refractivity contribution in [1.82, 2.24) is 10.2 Å². The fraction of sp³-hybridized carbons (Fsp3) is 0. The summed E-state index contributed by atoms with van der Waals surface area (Å²) in [5.74, 6) is 0. The van der Waals surface area contributed by atoms with Gasteiger partial charge in [-0.3, -0.25) is 9.59 Å². The third kappa shape index (κ3) is 2.14. The maximum absolute atomic E-state index is 10.8. The molecule has 0 aliphatic heterocycles. The highest BCUT2D eigenvalue weighted by Crippen LogP contribution is 2.17. The van der Waals surface area contributed by atoms with Gasteiger partial charge in [-0.05, 0) is 18.2 Å². The molecule has 5 nitrogen and oxygen atoms in total. The Morgan fingerprint density at radius 3 is 2.44 bits per heavy atom. The third-order valence-corrected chi connectivity index (χ3v) is 2.09. The van der Waals surface area contributed by atoms with Gasteiger partial charge in [-0.2, -0.15) is 5.10 Å². The molecule has 0 fully saturated rings. The van der Waals surface area contributed by atoms with Crippen molar-refractivity contribution in [2.45, 2.75) is 0 Å². The number of nitrogens with one attached hydrogen (secondary N) is 2. The predicted octanol–water partition coefficient (Wildman–Crippen LogP) is 1.01. The van der Waals surface area contributed by atoms with Crippen molar-refractivity contribution >= 4 is 12.1 Å². The van der Waals surface area contributed by atoms with Crippen molar-refractivity contribution < 1.29 is 4.79 Å². The number of carbonyl (C=O) groups is 1. The molecule has 0 aliphatic rings. The van der Waals surface area contributed by atoms with Gasteiger partial charge in [-0.25, -0.2) is 5.10 Å². The lowest BCUT2D eigenvalue weighted by Crippen LogP contribution is -2.05. The van der Waals surface area contributed by atoms with Gasteiger partial charge in [-0.15, -0.1) is 0 Å². The van der Waals surface area contributed by atoms with E-state index in [4.69, 9.17) is 0 Å². The average molecular weight is 215 g/mol. The average Bonchev–Trinajstić information content (AvgIpc) is 2.32. The van der Waals surface area contributed by atoms with E-state index in [1.54, 1.807) is 18.2 Å². The van der Waals surface area contributed by atoms with Crippen molar-refractivity contribution in [3.8, 4) is 11.3 Å². The number of nitrogens with zero attached hydrogens (tertiary/aromatic N) is 1. The van der Waals surface area contributed by atoms with Crippen LogP contribution in [0.5, 0.6) is 0 Å². The summed E-state index contributed by atoms with van der Waals surface area (Å²) in [6.45, 7) is 0. The molecule has 1 aromatic carbocycles. The van der Waals surface area contributed by atoms with Crippen LogP contribution in [0.25, 0.3) is 11.3 Å². The van der Waals surface area contributed by atoms with Gasteiger partial charge in [-0.1, -0.05) is 12.1 Å². The van der Waals surface area contributed by atoms with E-state index < -0.39 is 0 Å². The monoisotopic (exact) mass is 215 g/mol. The van der Waals surface area contributed by atoms with Gasteiger partial charge in [0.05, 0.1) is 5.69 Å². The zero-order valence-corrected chi connectivity index (χ0v) is 8.31. The first kappa shape index (κ1) is 10.1. The van der Waals surface area contributed by atoms with Gasteiger partial charge < -0.3 is 5.32 Å². The van der Waals surface area contributed by atoms with Crippen molar-refractivity contribution in [2.24, 2.45) is 0 Å². The van der Waals surface area contributed by atoms with Crippen LogP contribution >= 0.6 is 0 Å². The zero-order chi connectivity index (χ0) is 11.4. The van der Waals surface area contributed by atoms with E-state index in [2.05, 4.69) is 15.5 Å². The number of hydrogen-bond donors (Lipinski definition) is 2. The molecule has 1 heterocycles. The minimum absolute atomic E-state index is 0.233. The number of hydrogen-bond acceptors (Lipinski definition) is 3. The van der Waals surface area contributed by atoms with Gasteiger partial charge >= 0.3 is 0 Å². The van der Waals surface area contributed by atoms with E-state index in [0.29, 0.717) is 17.8 Å². The molecule has 0 bridgehead atoms. The van der Waals surface area contributed by atoms with Gasteiger partial charge in [0.1, 0.15) is 0 Å². The molecule has 5 heteroatoms. The summed E-state index contributed by atoms with van der Waals surface area (Å²) in [5, 5.41) is 8.79. The van der Waals surface area contributed by atoms with Crippen LogP contribution in [0, 0.1) is 0 Å². The largest absolute Gasteiger partial charge is 0.329 e. The van der Waals surface area contributed by atoms with E-state index in [0.717, 1.165) is 5.56 Å². The number of anilines is 1. The molecular formula is C11H9N3O2. The molecule has 0 atom stereocenters. The molecule has 0 radical (unpaired) electrons. The Hall–Kier alpha value is -2.43. The van der Waals surface area contributed by atoms with Crippen molar-refractivity contribution in [2.75, 3.05) is 5.32 Å². The van der Waals surface area contributed by atoms with Crippen LogP contribution in [0.15, 0.2) is 41.2 Å². The number of benzene rings is 1. The fourth-order valence-corrected chi connectivity index (χ4v) is 1.31. The minimum atomic E-state index is -0.233. The third-order valence-electron chi connectivity index (χ3n) is 2.09. The predicted molar refractivity (Wildman–Crippen MR) is 60.0 cm³/mol. The van der Waals surface area contributed by atoms with E-state index in [1.807, 2.05) is 12.1 Å². The Kier molecular flexibility index (Phi) is 2.77. The summed E-state index contributed by atoms with van der Waals surface area (Å²) in [6.07, 6.45) is 0.618. The van der Waals surface area contributed by atoms with Gasteiger partial charge in [0.15, 0.2) is 0 Å². The number of amides is 1. The number of rotatable bonds is 3. The first-order chi connectivity index (χ1) is 7.79. The Balaban J connectivity index is 2.30. The van der Waals surface area contributed by atoms with Crippen LogP contribution in [0.4, 0.5) is 5.69 Å². The smallest absolute Gasteiger partial charge is 0.264 e. The molecule has 2 aromatic rings. The summed E-state index contributed by atoms with van der Waals surface area (Å²) in [4.78, 5) is 21.0. The molecule has 80 valence electrons. The second-order valence-electron chi connectivity index (χ2n) is 3.15. The normalized spacial score (nSPS) is 9.75. The van der Waals surface area contributed by atoms with Gasteiger partial charge in [0.25, 0.3) is 5.56 Å². The summed E-state index contributed by atoms with van der Waals surface area (Å²) in [5.41, 5.74) is 2.02. The Bertz CT molecular complexity index is 525. The van der Waals surface area contributed by atoms with E-state index >= 15 is 0 Å². The second kappa shape index (κ2) is 4.39. The van der Waals surface area contributed by atoms with Crippen molar-refractivity contribution in [3.63, 3.8) is 0 Å². The first-order valence-electron chi connectivity index (χ1n) is 4.66. The molecule has 0 saturated heterocycles. The Morgan fingerprint density at radius 1 is 1.12 bits per heavy atom. The summed E-state index contributed by atoms with van der Waals surface area (Å²) in [7, 11) is 0. The fourth-order valence-electron chi connectivity index (χ4n) is 1.31. The highest BCUT2D eigenvalue weighted by Gasteiger charge is 1.98. The number of aromatic nitrogens is 2.